The van der Waals surface area contributed by atoms with Crippen LogP contribution in [0.5, 0.6) is 0 Å². The van der Waals surface area contributed by atoms with Crippen molar-refractivity contribution in [1.29, 1.82) is 0 Å². The smallest absolute Gasteiger partial charge is 0.252 e. The lowest BCUT2D eigenvalue weighted by Gasteiger charge is -2.29. The number of aliphatic hydroxyl groups is 3. The van der Waals surface area contributed by atoms with Gasteiger partial charge in [-0.1, -0.05) is 69.3 Å². The number of nitrogens with one attached hydrogen (secondary N) is 1. The van der Waals surface area contributed by atoms with Gasteiger partial charge in [0.1, 0.15) is 24.4 Å². The molecule has 0 spiro atoms. The number of nitrogens with zero attached hydrogens (tertiary/aromatic N) is 1. The Hall–Kier alpha value is -2.43. The quantitative estimate of drug-likeness (QED) is 0.367. The number of carbonyl (C=O) groups is 2. The molecule has 0 radical (unpaired) electrons. The molecule has 1 aliphatic rings. The monoisotopic (exact) mass is 530 g/mol. The first kappa shape index (κ1) is 29.1. The van der Waals surface area contributed by atoms with Gasteiger partial charge in [0, 0.05) is 31.7 Å². The summed E-state index contributed by atoms with van der Waals surface area (Å²) < 4.78 is 5.17. The standard InChI is InChI=1S/C28H38N2O6S/c1-28(2,3)12-11-22(31)23(32)24(33)25(36-4)26(34)29-21-17-37-14-13-30(27(21)35)16-18-9-10-19-7-5-6-8-20(19)15-18/h5-12,15,21-25,31-33H,13-14,16-17H2,1-4H3,(H,29,34)/t21?,22-,23+,24-,25-/m1/s1. The molecule has 1 fully saturated rings. The summed E-state index contributed by atoms with van der Waals surface area (Å²) in [6, 6.07) is 13.3. The number of amides is 2. The van der Waals surface area contributed by atoms with Crippen molar-refractivity contribution >= 4 is 34.3 Å². The predicted molar refractivity (Wildman–Crippen MR) is 146 cm³/mol. The van der Waals surface area contributed by atoms with Gasteiger partial charge < -0.3 is 30.3 Å². The van der Waals surface area contributed by atoms with E-state index in [0.717, 1.165) is 22.1 Å². The molecule has 0 bridgehead atoms. The Morgan fingerprint density at radius 2 is 1.86 bits per heavy atom. The van der Waals surface area contributed by atoms with Gasteiger partial charge in [-0.15, -0.1) is 0 Å². The zero-order valence-electron chi connectivity index (χ0n) is 21.8. The van der Waals surface area contributed by atoms with E-state index in [4.69, 9.17) is 4.74 Å². The molecule has 3 rings (SSSR count). The number of carbonyl (C=O) groups excluding carboxylic acids is 2. The predicted octanol–water partition coefficient (Wildman–Crippen LogP) is 2.10. The van der Waals surface area contributed by atoms with Crippen molar-refractivity contribution < 1.29 is 29.6 Å². The minimum absolute atomic E-state index is 0.218. The SMILES string of the molecule is CO[C@@H](C(=O)NC1CSCCN(Cc2ccc3ccccc3c2)C1=O)[C@H](O)[C@@H](O)[C@H](O)C=CC(C)(C)C. The first-order chi connectivity index (χ1) is 17.5. The van der Waals surface area contributed by atoms with Gasteiger partial charge in [-0.2, -0.15) is 11.8 Å². The van der Waals surface area contributed by atoms with Crippen LogP contribution >= 0.6 is 11.8 Å². The molecule has 4 N–H and O–H groups in total. The van der Waals surface area contributed by atoms with E-state index in [1.807, 2.05) is 57.2 Å². The number of hydrogen-bond acceptors (Lipinski definition) is 7. The summed E-state index contributed by atoms with van der Waals surface area (Å²) in [4.78, 5) is 28.1. The van der Waals surface area contributed by atoms with E-state index >= 15 is 0 Å². The number of thioether (sulfide) groups is 1. The number of fused-ring (bicyclic) bond motifs is 1. The summed E-state index contributed by atoms with van der Waals surface area (Å²) in [7, 11) is 1.23. The van der Waals surface area contributed by atoms with Crippen LogP contribution in [0.4, 0.5) is 0 Å². The fourth-order valence-corrected chi connectivity index (χ4v) is 5.11. The molecule has 1 unspecified atom stereocenters. The topological polar surface area (TPSA) is 119 Å². The largest absolute Gasteiger partial charge is 0.387 e. The molecule has 1 aliphatic heterocycles. The minimum Gasteiger partial charge on any atom is -0.387 e. The third kappa shape index (κ3) is 8.02. The van der Waals surface area contributed by atoms with Gasteiger partial charge >= 0.3 is 0 Å². The van der Waals surface area contributed by atoms with Gasteiger partial charge in [0.2, 0.25) is 5.91 Å². The van der Waals surface area contributed by atoms with Crippen molar-refractivity contribution in [3.63, 3.8) is 0 Å². The van der Waals surface area contributed by atoms with Crippen LogP contribution in [0.2, 0.25) is 0 Å². The molecule has 5 atom stereocenters. The number of benzene rings is 2. The van der Waals surface area contributed by atoms with Gasteiger partial charge in [-0.25, -0.2) is 0 Å². The maximum Gasteiger partial charge on any atom is 0.252 e. The summed E-state index contributed by atoms with van der Waals surface area (Å²) in [6.07, 6.45) is -3.13. The highest BCUT2D eigenvalue weighted by Crippen LogP contribution is 2.20. The number of aliphatic hydroxyl groups excluding tert-OH is 3. The van der Waals surface area contributed by atoms with Crippen LogP contribution in [0.15, 0.2) is 54.6 Å². The van der Waals surface area contributed by atoms with E-state index in [0.29, 0.717) is 18.8 Å². The van der Waals surface area contributed by atoms with Crippen molar-refractivity contribution in [3.05, 3.63) is 60.2 Å². The molecule has 8 nitrogen and oxygen atoms in total. The molecule has 0 saturated carbocycles. The van der Waals surface area contributed by atoms with Gasteiger partial charge in [-0.3, -0.25) is 9.59 Å². The molecular weight excluding hydrogens is 492 g/mol. The number of ether oxygens (including phenoxy) is 1. The van der Waals surface area contributed by atoms with Crippen LogP contribution < -0.4 is 5.32 Å². The Morgan fingerprint density at radius 1 is 1.16 bits per heavy atom. The highest BCUT2D eigenvalue weighted by molar-refractivity contribution is 7.99. The fourth-order valence-electron chi connectivity index (χ4n) is 4.13. The molecule has 1 heterocycles. The van der Waals surface area contributed by atoms with Crippen molar-refractivity contribution in [1.82, 2.24) is 10.2 Å². The highest BCUT2D eigenvalue weighted by Gasteiger charge is 2.38. The van der Waals surface area contributed by atoms with Crippen LogP contribution in [-0.4, -0.2) is 87.7 Å². The molecule has 0 aliphatic carbocycles. The molecule has 9 heteroatoms. The number of hydrogen-bond donors (Lipinski definition) is 4. The number of rotatable bonds is 9. The lowest BCUT2D eigenvalue weighted by atomic mass is 9.94. The van der Waals surface area contributed by atoms with Gasteiger partial charge in [-0.05, 0) is 27.8 Å². The van der Waals surface area contributed by atoms with Crippen molar-refractivity contribution in [2.75, 3.05) is 25.2 Å². The molecule has 37 heavy (non-hydrogen) atoms. The normalized spacial score (nSPS) is 20.5. The third-order valence-corrected chi connectivity index (χ3v) is 7.26. The summed E-state index contributed by atoms with van der Waals surface area (Å²) in [6.45, 7) is 6.74. The molecule has 1 saturated heterocycles. The van der Waals surface area contributed by atoms with Crippen LogP contribution in [0.1, 0.15) is 26.3 Å². The molecule has 202 valence electrons. The van der Waals surface area contributed by atoms with E-state index in [2.05, 4.69) is 11.4 Å². The Morgan fingerprint density at radius 3 is 2.54 bits per heavy atom. The second kappa shape index (κ2) is 12.9. The fraction of sp³-hybridized carbons (Fsp3) is 0.500. The van der Waals surface area contributed by atoms with Crippen molar-refractivity contribution in [2.45, 2.75) is 57.8 Å². The second-order valence-corrected chi connectivity index (χ2v) is 11.6. The van der Waals surface area contributed by atoms with Gasteiger partial charge in [0.15, 0.2) is 6.10 Å². The van der Waals surface area contributed by atoms with Crippen LogP contribution in [0.3, 0.4) is 0 Å². The highest BCUT2D eigenvalue weighted by atomic mass is 32.2. The zero-order valence-corrected chi connectivity index (χ0v) is 22.6. The third-order valence-electron chi connectivity index (χ3n) is 6.22. The average Bonchev–Trinajstić information content (AvgIpc) is 3.03. The first-order valence-electron chi connectivity index (χ1n) is 12.4. The average molecular weight is 531 g/mol. The van der Waals surface area contributed by atoms with Crippen molar-refractivity contribution in [2.24, 2.45) is 5.41 Å². The summed E-state index contributed by atoms with van der Waals surface area (Å²) in [5.41, 5.74) is 0.759. The molecule has 0 aromatic heterocycles. The zero-order chi connectivity index (χ0) is 27.2. The van der Waals surface area contributed by atoms with Gasteiger partial charge in [0.05, 0.1) is 0 Å². The van der Waals surface area contributed by atoms with E-state index in [1.54, 1.807) is 22.7 Å². The summed E-state index contributed by atoms with van der Waals surface area (Å²) in [5.74, 6) is 0.162. The molecule has 2 amide bonds. The molecule has 2 aromatic carbocycles. The van der Waals surface area contributed by atoms with Crippen molar-refractivity contribution in [3.8, 4) is 0 Å². The number of methoxy groups -OCH3 is 1. The molecular formula is C28H38N2O6S. The lowest BCUT2D eigenvalue weighted by molar-refractivity contribution is -0.151. The second-order valence-electron chi connectivity index (χ2n) is 10.4. The van der Waals surface area contributed by atoms with E-state index in [1.165, 1.54) is 13.2 Å². The van der Waals surface area contributed by atoms with Crippen LogP contribution in [-0.2, 0) is 20.9 Å². The van der Waals surface area contributed by atoms with Crippen LogP contribution in [0.25, 0.3) is 10.8 Å². The van der Waals surface area contributed by atoms with E-state index in [9.17, 15) is 24.9 Å². The Balaban J connectivity index is 1.67. The number of allylic oxidation sites excluding steroid dienone is 1. The Labute approximate surface area is 222 Å². The Bertz CT molecular complexity index is 1100. The first-order valence-corrected chi connectivity index (χ1v) is 13.6. The molecule has 2 aromatic rings. The maximum atomic E-state index is 13.3. The minimum atomic E-state index is -1.70. The summed E-state index contributed by atoms with van der Waals surface area (Å²) >= 11 is 1.56. The lowest BCUT2D eigenvalue weighted by Crippen LogP contribution is -2.56. The Kier molecular flexibility index (Phi) is 10.1. The summed E-state index contributed by atoms with van der Waals surface area (Å²) in [5, 5.41) is 36.2. The van der Waals surface area contributed by atoms with Gasteiger partial charge in [0.25, 0.3) is 5.91 Å². The van der Waals surface area contributed by atoms with E-state index < -0.39 is 36.4 Å². The maximum absolute atomic E-state index is 13.3. The van der Waals surface area contributed by atoms with Crippen LogP contribution in [0, 0.1) is 5.41 Å². The van der Waals surface area contributed by atoms with E-state index in [-0.39, 0.29) is 11.3 Å².